The van der Waals surface area contributed by atoms with E-state index in [-0.39, 0.29) is 0 Å². The Kier molecular flexibility index (Phi) is 13.5. The highest BCUT2D eigenvalue weighted by Gasteiger charge is 2.18. The summed E-state index contributed by atoms with van der Waals surface area (Å²) in [6.07, 6.45) is 10.5. The number of hydrogen-bond donors (Lipinski definition) is 1. The number of nitrogens with zero attached hydrogens (tertiary/aromatic N) is 1. The SMILES string of the molecule is C/C=C\Cn1c2c(c3cc(C)ccc31)CNCC2.C=CC.C=CC=C.CC. The summed E-state index contributed by atoms with van der Waals surface area (Å²) >= 11 is 0. The molecule has 0 saturated heterocycles. The van der Waals surface area contributed by atoms with Crippen LogP contribution in [-0.4, -0.2) is 11.1 Å². The van der Waals surface area contributed by atoms with Crippen molar-refractivity contribution in [2.24, 2.45) is 0 Å². The Bertz CT molecular complexity index is 726. The van der Waals surface area contributed by atoms with Crippen molar-refractivity contribution in [3.8, 4) is 0 Å². The van der Waals surface area contributed by atoms with E-state index in [0.29, 0.717) is 0 Å². The van der Waals surface area contributed by atoms with Crippen molar-refractivity contribution >= 4 is 10.9 Å². The van der Waals surface area contributed by atoms with E-state index in [1.165, 1.54) is 27.7 Å². The number of aryl methyl sites for hydroxylation is 1. The zero-order valence-electron chi connectivity index (χ0n) is 18.0. The molecule has 0 aliphatic carbocycles. The standard InChI is InChI=1S/C16H20N2.C4H6.C3H6.C2H6/c1-3-4-9-18-15-6-5-12(2)10-13(15)14-11-17-8-7-16(14)18;1-3-4-2;1-3-2;1-2/h3-6,10,17H,7-9,11H2,1-2H3;3-4H,1-2H2;3H,1H2,2H3;1-2H3/b4-3-;;;. The molecule has 0 radical (unpaired) electrons. The van der Waals surface area contributed by atoms with Crippen molar-refractivity contribution in [2.75, 3.05) is 6.54 Å². The van der Waals surface area contributed by atoms with Gasteiger partial charge in [0.1, 0.15) is 0 Å². The molecule has 148 valence electrons. The van der Waals surface area contributed by atoms with E-state index in [9.17, 15) is 0 Å². The van der Waals surface area contributed by atoms with Crippen molar-refractivity contribution in [2.45, 2.75) is 54.1 Å². The van der Waals surface area contributed by atoms with Gasteiger partial charge in [0.25, 0.3) is 0 Å². The van der Waals surface area contributed by atoms with Crippen LogP contribution in [0.3, 0.4) is 0 Å². The van der Waals surface area contributed by atoms with Gasteiger partial charge in [0.2, 0.25) is 0 Å². The van der Waals surface area contributed by atoms with Gasteiger partial charge in [-0.05, 0) is 38.5 Å². The first-order valence-electron chi connectivity index (χ1n) is 9.87. The molecule has 0 spiro atoms. The molecule has 0 atom stereocenters. The number of benzene rings is 1. The Labute approximate surface area is 167 Å². The Morgan fingerprint density at radius 1 is 1.11 bits per heavy atom. The second kappa shape index (κ2) is 14.8. The van der Waals surface area contributed by atoms with Crippen molar-refractivity contribution in [1.29, 1.82) is 0 Å². The number of rotatable bonds is 3. The van der Waals surface area contributed by atoms with E-state index in [0.717, 1.165) is 26.1 Å². The fraction of sp³-hybridized carbons (Fsp3) is 0.360. The van der Waals surface area contributed by atoms with Gasteiger partial charge in [0.15, 0.2) is 0 Å². The summed E-state index contributed by atoms with van der Waals surface area (Å²) in [6.45, 7) is 23.3. The quantitative estimate of drug-likeness (QED) is 0.469. The molecule has 0 unspecified atom stereocenters. The zero-order valence-corrected chi connectivity index (χ0v) is 18.0. The number of allylic oxidation sites excluding steroid dienone is 5. The molecule has 1 aliphatic heterocycles. The van der Waals surface area contributed by atoms with Crippen LogP contribution in [0, 0.1) is 6.92 Å². The fourth-order valence-corrected chi connectivity index (χ4v) is 2.91. The molecule has 1 aliphatic rings. The van der Waals surface area contributed by atoms with Gasteiger partial charge in [-0.3, -0.25) is 0 Å². The third-order valence-corrected chi connectivity index (χ3v) is 3.97. The second-order valence-corrected chi connectivity index (χ2v) is 5.93. The van der Waals surface area contributed by atoms with E-state index >= 15 is 0 Å². The summed E-state index contributed by atoms with van der Waals surface area (Å²) < 4.78 is 2.48. The lowest BCUT2D eigenvalue weighted by Crippen LogP contribution is -2.24. The monoisotopic (exact) mass is 366 g/mol. The Hall–Kier alpha value is -2.32. The summed E-state index contributed by atoms with van der Waals surface area (Å²) in [7, 11) is 0. The summed E-state index contributed by atoms with van der Waals surface area (Å²) in [5.41, 5.74) is 5.75. The topological polar surface area (TPSA) is 17.0 Å². The van der Waals surface area contributed by atoms with Crippen LogP contribution in [0.1, 0.15) is 44.5 Å². The van der Waals surface area contributed by atoms with E-state index in [1.54, 1.807) is 18.2 Å². The van der Waals surface area contributed by atoms with Crippen LogP contribution >= 0.6 is 0 Å². The van der Waals surface area contributed by atoms with Crippen LogP contribution in [0.5, 0.6) is 0 Å². The van der Waals surface area contributed by atoms with Crippen LogP contribution in [0.2, 0.25) is 0 Å². The normalized spacial score (nSPS) is 11.7. The maximum Gasteiger partial charge on any atom is 0.0489 e. The molecule has 2 heteroatoms. The molecule has 2 heterocycles. The largest absolute Gasteiger partial charge is 0.340 e. The lowest BCUT2D eigenvalue weighted by molar-refractivity contribution is 0.614. The van der Waals surface area contributed by atoms with Gasteiger partial charge in [0.05, 0.1) is 0 Å². The summed E-state index contributed by atoms with van der Waals surface area (Å²) in [4.78, 5) is 0. The Morgan fingerprint density at radius 2 is 1.74 bits per heavy atom. The van der Waals surface area contributed by atoms with Gasteiger partial charge in [-0.25, -0.2) is 0 Å². The highest BCUT2D eigenvalue weighted by atomic mass is 15.0. The lowest BCUT2D eigenvalue weighted by Gasteiger charge is -2.16. The van der Waals surface area contributed by atoms with E-state index in [2.05, 4.69) is 73.8 Å². The van der Waals surface area contributed by atoms with Crippen molar-refractivity contribution in [3.05, 3.63) is 85.1 Å². The first-order chi connectivity index (χ1) is 13.1. The van der Waals surface area contributed by atoms with Gasteiger partial charge in [-0.2, -0.15) is 0 Å². The molecule has 0 fully saturated rings. The molecular weight excluding hydrogens is 328 g/mol. The van der Waals surface area contributed by atoms with Gasteiger partial charge in [0, 0.05) is 42.7 Å². The van der Waals surface area contributed by atoms with E-state index in [4.69, 9.17) is 0 Å². The highest BCUT2D eigenvalue weighted by molar-refractivity contribution is 5.86. The average molecular weight is 367 g/mol. The fourth-order valence-electron chi connectivity index (χ4n) is 2.91. The smallest absolute Gasteiger partial charge is 0.0489 e. The number of fused-ring (bicyclic) bond motifs is 3. The minimum Gasteiger partial charge on any atom is -0.340 e. The third-order valence-electron chi connectivity index (χ3n) is 3.97. The summed E-state index contributed by atoms with van der Waals surface area (Å²) in [5, 5.41) is 4.92. The molecule has 0 amide bonds. The summed E-state index contributed by atoms with van der Waals surface area (Å²) in [6, 6.07) is 6.81. The second-order valence-electron chi connectivity index (χ2n) is 5.93. The molecule has 1 aromatic carbocycles. The number of nitrogens with one attached hydrogen (secondary N) is 1. The Morgan fingerprint density at radius 3 is 2.30 bits per heavy atom. The van der Waals surface area contributed by atoms with Gasteiger partial charge >= 0.3 is 0 Å². The predicted octanol–water partition coefficient (Wildman–Crippen LogP) is 6.75. The highest BCUT2D eigenvalue weighted by Crippen LogP contribution is 2.29. The molecule has 0 bridgehead atoms. The zero-order chi connectivity index (χ0) is 20.7. The first kappa shape index (κ1) is 24.7. The molecule has 0 saturated carbocycles. The predicted molar refractivity (Wildman–Crippen MR) is 125 cm³/mol. The minimum absolute atomic E-state index is 0.991. The molecule has 2 nitrogen and oxygen atoms in total. The third kappa shape index (κ3) is 7.44. The summed E-state index contributed by atoms with van der Waals surface area (Å²) in [5.74, 6) is 0. The van der Waals surface area contributed by atoms with Gasteiger partial charge < -0.3 is 9.88 Å². The molecule has 27 heavy (non-hydrogen) atoms. The van der Waals surface area contributed by atoms with Crippen LogP contribution in [-0.2, 0) is 19.5 Å². The molecule has 1 aromatic heterocycles. The average Bonchev–Trinajstić information content (AvgIpc) is 3.02. The molecule has 3 rings (SSSR count). The van der Waals surface area contributed by atoms with Crippen LogP contribution < -0.4 is 5.32 Å². The molecule has 2 aromatic rings. The minimum atomic E-state index is 0.991. The van der Waals surface area contributed by atoms with E-state index < -0.39 is 0 Å². The van der Waals surface area contributed by atoms with Crippen LogP contribution in [0.15, 0.2) is 68.3 Å². The lowest BCUT2D eigenvalue weighted by atomic mass is 10.0. The maximum absolute atomic E-state index is 3.49. The van der Waals surface area contributed by atoms with Gasteiger partial charge in [-0.1, -0.05) is 69.0 Å². The van der Waals surface area contributed by atoms with Crippen LogP contribution in [0.4, 0.5) is 0 Å². The van der Waals surface area contributed by atoms with Crippen molar-refractivity contribution < 1.29 is 0 Å². The van der Waals surface area contributed by atoms with Crippen molar-refractivity contribution in [3.63, 3.8) is 0 Å². The number of aromatic nitrogens is 1. The van der Waals surface area contributed by atoms with Crippen LogP contribution in [0.25, 0.3) is 10.9 Å². The Balaban J connectivity index is 0.000000644. The molecule has 1 N–H and O–H groups in total. The van der Waals surface area contributed by atoms with Gasteiger partial charge in [-0.15, -0.1) is 6.58 Å². The number of hydrogen-bond acceptors (Lipinski definition) is 1. The first-order valence-corrected chi connectivity index (χ1v) is 9.87. The van der Waals surface area contributed by atoms with Crippen molar-refractivity contribution in [1.82, 2.24) is 9.88 Å². The molecular formula is C25H38N2. The maximum atomic E-state index is 3.49. The van der Waals surface area contributed by atoms with E-state index in [1.807, 2.05) is 20.8 Å².